The molecular weight excluding hydrogens is 464 g/mol. The minimum absolute atomic E-state index is 0.730. The maximum atomic E-state index is 11.9. The van der Waals surface area contributed by atoms with E-state index < -0.39 is 65.9 Å². The first-order chi connectivity index (χ1) is 13.1. The van der Waals surface area contributed by atoms with Crippen LogP contribution in [0.3, 0.4) is 0 Å². The third-order valence-electron chi connectivity index (χ3n) is 3.31. The van der Waals surface area contributed by atoms with E-state index in [1.165, 1.54) is 0 Å². The Morgan fingerprint density at radius 1 is 1.28 bits per heavy atom. The lowest BCUT2D eigenvalue weighted by Crippen LogP contribution is -2.37. The Kier molecular flexibility index (Phi) is 7.41. The molecule has 1 fully saturated rings. The lowest BCUT2D eigenvalue weighted by molar-refractivity contribution is -0.206. The Bertz CT molecular complexity index is 943. The predicted molar refractivity (Wildman–Crippen MR) is 89.9 cm³/mol. The predicted octanol–water partition coefficient (Wildman–Crippen LogP) is -3.39. The third kappa shape index (κ3) is 6.87. The van der Waals surface area contributed by atoms with Gasteiger partial charge in [-0.3, -0.25) is 14.3 Å². The Morgan fingerprint density at radius 2 is 1.90 bits per heavy atom. The van der Waals surface area contributed by atoms with Gasteiger partial charge in [0.05, 0.1) is 0 Å². The van der Waals surface area contributed by atoms with Gasteiger partial charge >= 0.3 is 28.9 Å². The van der Waals surface area contributed by atoms with Gasteiger partial charge in [-0.1, -0.05) is 0 Å². The molecule has 2 unspecified atom stereocenters. The van der Waals surface area contributed by atoms with Crippen LogP contribution in [0.15, 0.2) is 21.9 Å². The van der Waals surface area contributed by atoms with Crippen LogP contribution in [0.1, 0.15) is 6.23 Å². The van der Waals surface area contributed by atoms with Gasteiger partial charge in [-0.2, -0.15) is 4.31 Å². The molecule has 162 valence electrons. The number of rotatable bonds is 8. The number of phosphoric acid groups is 2. The van der Waals surface area contributed by atoms with Crippen molar-refractivity contribution in [3.8, 4) is 0 Å². The SMILES string of the molecule is [B][P+]([O-])(OC[C@H]1O[C@@H](n2ccc(=O)[nH]c2=O)[C@H](O)[C@@H]1O)OP(=O)(O)OP(=O)(O)O. The lowest BCUT2D eigenvalue weighted by Gasteiger charge is -2.26. The van der Waals surface area contributed by atoms with Crippen molar-refractivity contribution in [3.05, 3.63) is 33.1 Å². The number of ether oxygens (including phenoxy) is 1. The highest BCUT2D eigenvalue weighted by molar-refractivity contribution is 7.88. The van der Waals surface area contributed by atoms with Gasteiger partial charge in [-0.25, -0.2) is 18.4 Å². The molecule has 0 aromatic carbocycles. The van der Waals surface area contributed by atoms with Crippen LogP contribution in [0.2, 0.25) is 0 Å². The highest BCUT2D eigenvalue weighted by atomic mass is 31.3. The summed E-state index contributed by atoms with van der Waals surface area (Å²) in [6, 6.07) is 0.940. The maximum Gasteiger partial charge on any atom is 0.515 e. The molecule has 1 aromatic rings. The van der Waals surface area contributed by atoms with E-state index in [-0.39, 0.29) is 0 Å². The number of aromatic amines is 1. The zero-order chi connectivity index (χ0) is 22.2. The number of H-pyrrole nitrogens is 1. The van der Waals surface area contributed by atoms with E-state index in [9.17, 15) is 33.8 Å². The maximum absolute atomic E-state index is 11.9. The normalized spacial score (nSPS) is 29.3. The van der Waals surface area contributed by atoms with Gasteiger partial charge in [-0.15, -0.1) is 4.31 Å². The topological polar surface area (TPSA) is 250 Å². The first kappa shape index (κ1) is 24.5. The summed E-state index contributed by atoms with van der Waals surface area (Å²) >= 11 is 0. The molecule has 0 spiro atoms. The van der Waals surface area contributed by atoms with Crippen LogP contribution in [0.4, 0.5) is 0 Å². The quantitative estimate of drug-likeness (QED) is 0.158. The standard InChI is InChI=1S/C9H14BN2O14P3/c10-27(17,25-29(21,22)26-28(18,19)20)23-3-4-6(14)7(15)8(24-4)12-2-1-5(13)11-9(12)16/h1-2,4,6-8,14-15H,3H2,(H,21,22)(H,11,13,16)(H2,18,19,20)/t4-,6-,7-,8-,27?/m1/s1. The zero-order valence-electron chi connectivity index (χ0n) is 13.9. The summed E-state index contributed by atoms with van der Waals surface area (Å²) in [4.78, 5) is 62.7. The molecule has 16 nitrogen and oxygen atoms in total. The number of hydrogen-bond donors (Lipinski definition) is 6. The van der Waals surface area contributed by atoms with Gasteiger partial charge in [0.25, 0.3) is 5.56 Å². The van der Waals surface area contributed by atoms with E-state index in [0.29, 0.717) is 0 Å². The van der Waals surface area contributed by atoms with Gasteiger partial charge < -0.3 is 34.5 Å². The second-order valence-electron chi connectivity index (χ2n) is 5.52. The van der Waals surface area contributed by atoms with Crippen molar-refractivity contribution in [1.29, 1.82) is 0 Å². The van der Waals surface area contributed by atoms with Gasteiger partial charge in [0.1, 0.15) is 24.9 Å². The smallest absolute Gasteiger partial charge is 0.515 e. The molecule has 1 aliphatic rings. The summed E-state index contributed by atoms with van der Waals surface area (Å²) in [5, 5.41) is 20.0. The van der Waals surface area contributed by atoms with E-state index in [1.807, 2.05) is 4.98 Å². The molecule has 1 aromatic heterocycles. The van der Waals surface area contributed by atoms with Crippen molar-refractivity contribution in [3.63, 3.8) is 0 Å². The Labute approximate surface area is 162 Å². The first-order valence-electron chi connectivity index (χ1n) is 7.27. The number of aliphatic hydroxyl groups is 2. The van der Waals surface area contributed by atoms with Crippen LogP contribution < -0.4 is 16.1 Å². The molecule has 20 heteroatoms. The van der Waals surface area contributed by atoms with Crippen molar-refractivity contribution in [2.75, 3.05) is 6.61 Å². The molecule has 2 radical (unpaired) electrons. The number of nitrogens with one attached hydrogen (secondary N) is 1. The number of nitrogens with zero attached hydrogens (tertiary/aromatic N) is 1. The van der Waals surface area contributed by atoms with E-state index in [0.717, 1.165) is 16.8 Å². The third-order valence-corrected chi connectivity index (χ3v) is 7.23. The molecule has 0 saturated carbocycles. The Balaban J connectivity index is 2.05. The second-order valence-corrected chi connectivity index (χ2v) is 10.1. The van der Waals surface area contributed by atoms with Gasteiger partial charge in [0.15, 0.2) is 14.0 Å². The summed E-state index contributed by atoms with van der Waals surface area (Å²) in [7, 11) is -11.1. The van der Waals surface area contributed by atoms with Crippen LogP contribution in [0.25, 0.3) is 0 Å². The monoisotopic (exact) mass is 478 g/mol. The Morgan fingerprint density at radius 3 is 2.45 bits per heavy atom. The molecular formula is C9H14BN2O14P3. The fraction of sp³-hybridized carbons (Fsp3) is 0.556. The lowest BCUT2D eigenvalue weighted by atomic mass is 10.1. The number of hydrogen-bond acceptors (Lipinski definition) is 11. The van der Waals surface area contributed by atoms with E-state index >= 15 is 0 Å². The van der Waals surface area contributed by atoms with Crippen LogP contribution in [-0.2, 0) is 27.0 Å². The second kappa shape index (κ2) is 8.77. The molecule has 2 heterocycles. The van der Waals surface area contributed by atoms with Crippen LogP contribution in [-0.4, -0.2) is 66.9 Å². The molecule has 2 rings (SSSR count). The van der Waals surface area contributed by atoms with Gasteiger partial charge in [0.2, 0.25) is 0 Å². The summed E-state index contributed by atoms with van der Waals surface area (Å²) < 4.78 is 39.7. The highest BCUT2D eigenvalue weighted by Crippen LogP contribution is 2.67. The molecule has 29 heavy (non-hydrogen) atoms. The average molecular weight is 478 g/mol. The largest absolute Gasteiger partial charge is 0.646 e. The van der Waals surface area contributed by atoms with Crippen molar-refractivity contribution in [2.24, 2.45) is 0 Å². The van der Waals surface area contributed by atoms with Crippen LogP contribution >= 0.6 is 23.5 Å². The highest BCUT2D eigenvalue weighted by Gasteiger charge is 2.47. The molecule has 6 atom stereocenters. The first-order valence-corrected chi connectivity index (χ1v) is 11.9. The van der Waals surface area contributed by atoms with Crippen molar-refractivity contribution in [2.45, 2.75) is 24.5 Å². The number of aromatic nitrogens is 2. The van der Waals surface area contributed by atoms with Gasteiger partial charge in [0, 0.05) is 12.3 Å². The minimum Gasteiger partial charge on any atom is -0.646 e. The summed E-state index contributed by atoms with van der Waals surface area (Å²) in [6.45, 7) is -0.920. The fourth-order valence-electron chi connectivity index (χ4n) is 2.22. The van der Waals surface area contributed by atoms with Crippen molar-refractivity contribution >= 4 is 31.0 Å². The molecule has 6 N–H and O–H groups in total. The summed E-state index contributed by atoms with van der Waals surface area (Å²) in [5.74, 6) is 0. The molecule has 0 bridgehead atoms. The van der Waals surface area contributed by atoms with Crippen molar-refractivity contribution < 1.29 is 56.8 Å². The Hall–Kier alpha value is -0.765. The molecule has 0 aliphatic carbocycles. The number of aliphatic hydroxyl groups excluding tert-OH is 2. The zero-order valence-corrected chi connectivity index (χ0v) is 16.6. The summed E-state index contributed by atoms with van der Waals surface area (Å²) in [6.07, 6.45) is -5.46. The van der Waals surface area contributed by atoms with Gasteiger partial charge in [-0.05, 0) is 0 Å². The molecule has 1 saturated heterocycles. The van der Waals surface area contributed by atoms with E-state index in [4.69, 9.17) is 27.0 Å². The molecule has 0 amide bonds. The van der Waals surface area contributed by atoms with Crippen molar-refractivity contribution in [1.82, 2.24) is 9.55 Å². The molecule has 1 aliphatic heterocycles. The van der Waals surface area contributed by atoms with E-state index in [1.54, 1.807) is 0 Å². The minimum atomic E-state index is -5.60. The average Bonchev–Trinajstić information content (AvgIpc) is 2.78. The fourth-order valence-corrected chi connectivity index (χ4v) is 5.38. The van der Waals surface area contributed by atoms with Crippen LogP contribution in [0.5, 0.6) is 0 Å². The summed E-state index contributed by atoms with van der Waals surface area (Å²) in [5.41, 5.74) is -1.70. The van der Waals surface area contributed by atoms with Crippen LogP contribution in [0, 0.1) is 0 Å². The van der Waals surface area contributed by atoms with E-state index in [2.05, 4.69) is 13.1 Å².